The number of carbonyl (C=O) groups is 2. The Kier molecular flexibility index (Phi) is 5.07. The zero-order valence-electron chi connectivity index (χ0n) is 12.1. The summed E-state index contributed by atoms with van der Waals surface area (Å²) in [4.78, 5) is 25.6. The normalized spacial score (nSPS) is 15.8. The van der Waals surface area contributed by atoms with Crippen LogP contribution >= 0.6 is 11.6 Å². The Morgan fingerprint density at radius 1 is 1.38 bits per heavy atom. The summed E-state index contributed by atoms with van der Waals surface area (Å²) in [6.07, 6.45) is 2.01. The molecule has 21 heavy (non-hydrogen) atoms. The monoisotopic (exact) mass is 309 g/mol. The fraction of sp³-hybridized carbons (Fsp3) is 0.467. The van der Waals surface area contributed by atoms with Crippen molar-refractivity contribution in [3.8, 4) is 0 Å². The van der Waals surface area contributed by atoms with Crippen LogP contribution in [0.4, 0.5) is 5.69 Å². The first-order valence-electron chi connectivity index (χ1n) is 7.15. The maximum Gasteiger partial charge on any atom is 0.255 e. The van der Waals surface area contributed by atoms with Crippen molar-refractivity contribution in [1.29, 1.82) is 0 Å². The van der Waals surface area contributed by atoms with Crippen LogP contribution in [-0.2, 0) is 4.79 Å². The van der Waals surface area contributed by atoms with Gasteiger partial charge in [0.2, 0.25) is 5.91 Å². The number of halogens is 1. The topological polar surface area (TPSA) is 75.4 Å². The van der Waals surface area contributed by atoms with Crippen LogP contribution in [0.5, 0.6) is 0 Å². The lowest BCUT2D eigenvalue weighted by Gasteiger charge is -2.32. The molecule has 1 saturated heterocycles. The van der Waals surface area contributed by atoms with Crippen molar-refractivity contribution in [2.75, 3.05) is 18.8 Å². The molecule has 1 aliphatic rings. The van der Waals surface area contributed by atoms with E-state index in [1.165, 1.54) is 0 Å². The highest BCUT2D eigenvalue weighted by Gasteiger charge is 2.25. The third kappa shape index (κ3) is 3.88. The number of carbonyl (C=O) groups excluding carboxylic acids is 2. The second kappa shape index (κ2) is 6.80. The van der Waals surface area contributed by atoms with Crippen LogP contribution in [0.1, 0.15) is 36.5 Å². The number of amides is 2. The number of benzene rings is 1. The van der Waals surface area contributed by atoms with Gasteiger partial charge in [-0.3, -0.25) is 9.59 Å². The van der Waals surface area contributed by atoms with Gasteiger partial charge in [0.1, 0.15) is 0 Å². The van der Waals surface area contributed by atoms with E-state index in [4.69, 9.17) is 17.3 Å². The standard InChI is InChI=1S/C15H20ClN3O2/c1-2-14(20)18-11-5-7-19(8-6-11)15(21)12-9-10(17)3-4-13(12)16/h3-4,9,11H,2,5-8,17H2,1H3,(H,18,20). The third-order valence-corrected chi connectivity index (χ3v) is 4.02. The minimum absolute atomic E-state index is 0.0543. The number of nitrogens with two attached hydrogens (primary N) is 1. The van der Waals surface area contributed by atoms with E-state index < -0.39 is 0 Å². The summed E-state index contributed by atoms with van der Waals surface area (Å²) in [5, 5.41) is 3.38. The van der Waals surface area contributed by atoms with Crippen LogP contribution < -0.4 is 11.1 Å². The van der Waals surface area contributed by atoms with Gasteiger partial charge in [-0.15, -0.1) is 0 Å². The summed E-state index contributed by atoms with van der Waals surface area (Å²) < 4.78 is 0. The maximum absolute atomic E-state index is 12.5. The molecule has 0 bridgehead atoms. The van der Waals surface area contributed by atoms with Gasteiger partial charge < -0.3 is 16.0 Å². The fourth-order valence-corrected chi connectivity index (χ4v) is 2.63. The largest absolute Gasteiger partial charge is 0.399 e. The van der Waals surface area contributed by atoms with Gasteiger partial charge in [0.25, 0.3) is 5.91 Å². The van der Waals surface area contributed by atoms with E-state index in [1.807, 2.05) is 6.92 Å². The predicted octanol–water partition coefficient (Wildman–Crippen LogP) is 2.05. The molecule has 1 aliphatic heterocycles. The van der Waals surface area contributed by atoms with E-state index in [0.29, 0.717) is 35.8 Å². The highest BCUT2D eigenvalue weighted by molar-refractivity contribution is 6.34. The van der Waals surface area contributed by atoms with Gasteiger partial charge in [0, 0.05) is 31.2 Å². The number of nitrogens with zero attached hydrogens (tertiary/aromatic N) is 1. The van der Waals surface area contributed by atoms with Crippen LogP contribution in [0.25, 0.3) is 0 Å². The second-order valence-electron chi connectivity index (χ2n) is 5.23. The van der Waals surface area contributed by atoms with Crippen molar-refractivity contribution in [3.05, 3.63) is 28.8 Å². The number of piperidine rings is 1. The molecule has 2 amide bonds. The van der Waals surface area contributed by atoms with Gasteiger partial charge in [0.05, 0.1) is 10.6 Å². The number of hydrogen-bond acceptors (Lipinski definition) is 3. The zero-order chi connectivity index (χ0) is 15.4. The molecule has 5 nitrogen and oxygen atoms in total. The molecule has 114 valence electrons. The number of rotatable bonds is 3. The lowest BCUT2D eigenvalue weighted by Crippen LogP contribution is -2.46. The smallest absolute Gasteiger partial charge is 0.255 e. The molecule has 1 aromatic rings. The van der Waals surface area contributed by atoms with E-state index in [9.17, 15) is 9.59 Å². The van der Waals surface area contributed by atoms with Crippen molar-refractivity contribution in [2.45, 2.75) is 32.2 Å². The molecule has 0 spiro atoms. The van der Waals surface area contributed by atoms with Crippen LogP contribution in [-0.4, -0.2) is 35.8 Å². The number of nitrogen functional groups attached to an aromatic ring is 1. The average Bonchev–Trinajstić information content (AvgIpc) is 2.49. The second-order valence-corrected chi connectivity index (χ2v) is 5.63. The molecule has 3 N–H and O–H groups in total. The van der Waals surface area contributed by atoms with Gasteiger partial charge in [-0.2, -0.15) is 0 Å². The van der Waals surface area contributed by atoms with Gasteiger partial charge >= 0.3 is 0 Å². The number of likely N-dealkylation sites (tertiary alicyclic amines) is 1. The molecule has 2 rings (SSSR count). The Labute approximate surface area is 129 Å². The first-order chi connectivity index (χ1) is 10.0. The third-order valence-electron chi connectivity index (χ3n) is 3.69. The molecule has 1 aromatic carbocycles. The van der Waals surface area contributed by atoms with Gasteiger partial charge in [0.15, 0.2) is 0 Å². The lowest BCUT2D eigenvalue weighted by atomic mass is 10.0. The summed E-state index contributed by atoms with van der Waals surface area (Å²) in [6.45, 7) is 3.05. The molecular weight excluding hydrogens is 290 g/mol. The highest BCUT2D eigenvalue weighted by atomic mass is 35.5. The Hall–Kier alpha value is -1.75. The molecule has 1 heterocycles. The summed E-state index contributed by atoms with van der Waals surface area (Å²) in [5.74, 6) is -0.0498. The number of anilines is 1. The highest BCUT2D eigenvalue weighted by Crippen LogP contribution is 2.22. The maximum atomic E-state index is 12.5. The number of nitrogens with one attached hydrogen (secondary N) is 1. The molecule has 0 saturated carbocycles. The van der Waals surface area contributed by atoms with Gasteiger partial charge in [-0.1, -0.05) is 18.5 Å². The summed E-state index contributed by atoms with van der Waals surface area (Å²) in [6, 6.07) is 5.07. The van der Waals surface area contributed by atoms with E-state index in [2.05, 4.69) is 5.32 Å². The van der Waals surface area contributed by atoms with Gasteiger partial charge in [-0.25, -0.2) is 0 Å². The molecule has 6 heteroatoms. The SMILES string of the molecule is CCC(=O)NC1CCN(C(=O)c2cc(N)ccc2Cl)CC1. The molecule has 0 radical (unpaired) electrons. The van der Waals surface area contributed by atoms with Crippen LogP contribution in [0.3, 0.4) is 0 Å². The first-order valence-corrected chi connectivity index (χ1v) is 7.52. The Balaban J connectivity index is 1.97. The summed E-state index contributed by atoms with van der Waals surface area (Å²) in [7, 11) is 0. The fourth-order valence-electron chi connectivity index (χ4n) is 2.43. The first kappa shape index (κ1) is 15.6. The molecule has 1 fully saturated rings. The zero-order valence-corrected chi connectivity index (χ0v) is 12.8. The van der Waals surface area contributed by atoms with Crippen molar-refractivity contribution >= 4 is 29.1 Å². The Morgan fingerprint density at radius 2 is 2.05 bits per heavy atom. The van der Waals surface area contributed by atoms with E-state index in [-0.39, 0.29) is 17.9 Å². The van der Waals surface area contributed by atoms with Gasteiger partial charge in [-0.05, 0) is 31.0 Å². The van der Waals surface area contributed by atoms with Crippen LogP contribution in [0.2, 0.25) is 5.02 Å². The quantitative estimate of drug-likeness (QED) is 0.839. The van der Waals surface area contributed by atoms with Crippen LogP contribution in [0, 0.1) is 0 Å². The molecule has 0 unspecified atom stereocenters. The minimum Gasteiger partial charge on any atom is -0.399 e. The van der Waals surface area contributed by atoms with Crippen molar-refractivity contribution < 1.29 is 9.59 Å². The Bertz CT molecular complexity index is 540. The van der Waals surface area contributed by atoms with E-state index in [0.717, 1.165) is 12.8 Å². The Morgan fingerprint density at radius 3 is 2.67 bits per heavy atom. The van der Waals surface area contributed by atoms with Crippen LogP contribution in [0.15, 0.2) is 18.2 Å². The molecule has 0 atom stereocenters. The molecule has 0 aromatic heterocycles. The van der Waals surface area contributed by atoms with Crippen molar-refractivity contribution in [1.82, 2.24) is 10.2 Å². The van der Waals surface area contributed by atoms with Crippen molar-refractivity contribution in [2.24, 2.45) is 0 Å². The predicted molar refractivity (Wildman–Crippen MR) is 83.2 cm³/mol. The number of hydrogen-bond donors (Lipinski definition) is 2. The van der Waals surface area contributed by atoms with Crippen molar-refractivity contribution in [3.63, 3.8) is 0 Å². The molecule has 0 aliphatic carbocycles. The van der Waals surface area contributed by atoms with E-state index >= 15 is 0 Å². The summed E-state index contributed by atoms with van der Waals surface area (Å²) >= 11 is 6.07. The molecular formula is C15H20ClN3O2. The summed E-state index contributed by atoms with van der Waals surface area (Å²) in [5.41, 5.74) is 6.67. The lowest BCUT2D eigenvalue weighted by molar-refractivity contribution is -0.121. The van der Waals surface area contributed by atoms with E-state index in [1.54, 1.807) is 23.1 Å². The average molecular weight is 310 g/mol. The minimum atomic E-state index is -0.104.